The Morgan fingerprint density at radius 3 is 2.62 bits per heavy atom. The summed E-state index contributed by atoms with van der Waals surface area (Å²) in [5, 5.41) is 0.535. The van der Waals surface area contributed by atoms with E-state index in [0.717, 1.165) is 16.2 Å². The van der Waals surface area contributed by atoms with E-state index in [1.165, 1.54) is 43.7 Å². The number of carbonyl (C=O) groups is 2. The number of alkyl halides is 1. The second-order valence-corrected chi connectivity index (χ2v) is 11.5. The minimum Gasteiger partial charge on any atom is -0.486 e. The van der Waals surface area contributed by atoms with Gasteiger partial charge in [-0.05, 0) is 91.2 Å². The van der Waals surface area contributed by atoms with Crippen molar-refractivity contribution in [1.82, 2.24) is 0 Å². The summed E-state index contributed by atoms with van der Waals surface area (Å²) in [5.74, 6) is 1.11. The molecule has 2 saturated carbocycles. The highest BCUT2D eigenvalue weighted by Gasteiger charge is 2.73. The Bertz CT molecular complexity index is 1150. The quantitative estimate of drug-likeness (QED) is 0.263. The van der Waals surface area contributed by atoms with E-state index < -0.39 is 0 Å². The fourth-order valence-corrected chi connectivity index (χ4v) is 7.99. The summed E-state index contributed by atoms with van der Waals surface area (Å²) < 4.78 is 11.4. The average Bonchev–Trinajstić information content (AvgIpc) is 3.36. The fraction of sp³-hybridized carbons (Fsp3) is 0.462. The lowest BCUT2D eigenvalue weighted by Gasteiger charge is -2.48. The van der Waals surface area contributed by atoms with E-state index in [4.69, 9.17) is 9.47 Å². The molecule has 2 aliphatic carbocycles. The maximum atomic E-state index is 13.3. The molecule has 4 atom stereocenters. The topological polar surface area (TPSA) is 52.6 Å². The highest BCUT2D eigenvalue weighted by Crippen LogP contribution is 2.73. The van der Waals surface area contributed by atoms with Crippen molar-refractivity contribution in [3.05, 3.63) is 58.7 Å². The summed E-state index contributed by atoms with van der Waals surface area (Å²) in [5.41, 5.74) is 3.12. The van der Waals surface area contributed by atoms with Crippen LogP contribution in [0, 0.1) is 11.3 Å². The number of esters is 1. The van der Waals surface area contributed by atoms with E-state index >= 15 is 0 Å². The van der Waals surface area contributed by atoms with Crippen LogP contribution in [-0.4, -0.2) is 23.8 Å². The van der Waals surface area contributed by atoms with E-state index in [1.807, 2.05) is 18.2 Å². The van der Waals surface area contributed by atoms with Gasteiger partial charge in [0.15, 0.2) is 0 Å². The maximum absolute atomic E-state index is 13.3. The van der Waals surface area contributed by atoms with Crippen LogP contribution in [0.2, 0.25) is 0 Å². The molecular formula is C26H27BrO4S. The minimum atomic E-state index is -0.385. The smallest absolute Gasteiger partial charge is 0.337 e. The molecule has 2 aromatic rings. The zero-order valence-electron chi connectivity index (χ0n) is 18.8. The van der Waals surface area contributed by atoms with Crippen molar-refractivity contribution in [1.29, 1.82) is 0 Å². The first-order valence-electron chi connectivity index (χ1n) is 11.0. The molecule has 0 N–H and O–H groups in total. The monoisotopic (exact) mass is 514 g/mol. The molecule has 2 fully saturated rings. The Morgan fingerprint density at radius 1 is 1.16 bits per heavy atom. The van der Waals surface area contributed by atoms with Crippen LogP contribution in [0.25, 0.3) is 0 Å². The molecule has 32 heavy (non-hydrogen) atoms. The molecule has 0 aromatic heterocycles. The molecule has 4 nitrogen and oxygen atoms in total. The Morgan fingerprint density at radius 2 is 1.91 bits per heavy atom. The van der Waals surface area contributed by atoms with Gasteiger partial charge >= 0.3 is 5.97 Å². The average molecular weight is 515 g/mol. The van der Waals surface area contributed by atoms with E-state index in [2.05, 4.69) is 42.8 Å². The molecule has 4 unspecified atom stereocenters. The van der Waals surface area contributed by atoms with Gasteiger partial charge < -0.3 is 9.47 Å². The van der Waals surface area contributed by atoms with Crippen LogP contribution in [0.5, 0.6) is 5.75 Å². The van der Waals surface area contributed by atoms with Crippen molar-refractivity contribution >= 4 is 38.8 Å². The number of hydrogen-bond acceptors (Lipinski definition) is 5. The zero-order chi connectivity index (χ0) is 22.9. The molecule has 1 heterocycles. The van der Waals surface area contributed by atoms with Gasteiger partial charge in [0.1, 0.15) is 11.4 Å². The fourth-order valence-electron chi connectivity index (χ4n) is 6.50. The van der Waals surface area contributed by atoms with Crippen molar-refractivity contribution in [3.8, 4) is 5.75 Å². The molecule has 0 saturated heterocycles. The zero-order valence-corrected chi connectivity index (χ0v) is 21.2. The molecule has 1 aliphatic heterocycles. The van der Waals surface area contributed by atoms with Gasteiger partial charge in [-0.1, -0.05) is 29.8 Å². The molecule has 168 valence electrons. The van der Waals surface area contributed by atoms with Gasteiger partial charge in [0, 0.05) is 26.8 Å². The highest BCUT2D eigenvalue weighted by atomic mass is 79.9. The minimum absolute atomic E-state index is 0.00803. The molecular weight excluding hydrogens is 488 g/mol. The second-order valence-electron chi connectivity index (χ2n) is 9.88. The standard InChI is InChI=1S/C26H27BrO4S/c1-24-10-9-18(13-24)26(3)25(24,2)19-12-16(5-7-20(19)31-26)23(29)32-21-8-6-15(22(28)30-4)11-17(21)14-27/h5-8,11-12,18H,9-10,13-14H2,1-4H3. The summed E-state index contributed by atoms with van der Waals surface area (Å²) >= 11 is 4.67. The number of thioether (sulfide) groups is 1. The summed E-state index contributed by atoms with van der Waals surface area (Å²) in [4.78, 5) is 26.0. The Labute approximate surface area is 201 Å². The lowest BCUT2D eigenvalue weighted by molar-refractivity contribution is -0.0260. The number of fused-ring (bicyclic) bond motifs is 7. The van der Waals surface area contributed by atoms with E-state index in [-0.39, 0.29) is 27.5 Å². The van der Waals surface area contributed by atoms with E-state index in [9.17, 15) is 9.59 Å². The number of methoxy groups -OCH3 is 1. The van der Waals surface area contributed by atoms with Crippen LogP contribution in [-0.2, 0) is 15.5 Å². The van der Waals surface area contributed by atoms with E-state index in [0.29, 0.717) is 22.4 Å². The normalized spacial score (nSPS) is 31.7. The third-order valence-corrected chi connectivity index (χ3v) is 10.3. The van der Waals surface area contributed by atoms with Crippen LogP contribution in [0.1, 0.15) is 71.9 Å². The van der Waals surface area contributed by atoms with Crippen LogP contribution in [0.4, 0.5) is 0 Å². The molecule has 0 radical (unpaired) electrons. The van der Waals surface area contributed by atoms with Crippen LogP contribution in [0.3, 0.4) is 0 Å². The van der Waals surface area contributed by atoms with Crippen LogP contribution >= 0.6 is 27.7 Å². The second kappa shape index (κ2) is 7.36. The first-order valence-corrected chi connectivity index (χ1v) is 12.9. The predicted molar refractivity (Wildman–Crippen MR) is 129 cm³/mol. The Hall–Kier alpha value is -1.79. The third-order valence-electron chi connectivity index (χ3n) is 8.62. The van der Waals surface area contributed by atoms with Gasteiger partial charge in [-0.3, -0.25) is 4.79 Å². The SMILES string of the molecule is COC(=O)c1ccc(SC(=O)c2ccc3c(c2)C2(C)C4(C)CCC(C4)C2(C)O3)c(CBr)c1. The largest absolute Gasteiger partial charge is 0.486 e. The van der Waals surface area contributed by atoms with E-state index in [1.54, 1.807) is 12.1 Å². The molecule has 6 heteroatoms. The molecule has 0 amide bonds. The molecule has 0 spiro atoms. The Kier molecular flexibility index (Phi) is 5.06. The Balaban J connectivity index is 1.46. The number of halogens is 1. The lowest BCUT2D eigenvalue weighted by Crippen LogP contribution is -2.54. The van der Waals surface area contributed by atoms with Crippen molar-refractivity contribution < 1.29 is 19.1 Å². The van der Waals surface area contributed by atoms with Crippen molar-refractivity contribution in [3.63, 3.8) is 0 Å². The lowest BCUT2D eigenvalue weighted by atomic mass is 9.56. The highest BCUT2D eigenvalue weighted by molar-refractivity contribution is 9.08. The van der Waals surface area contributed by atoms with Crippen molar-refractivity contribution in [2.24, 2.45) is 11.3 Å². The number of benzene rings is 2. The number of rotatable bonds is 4. The number of ether oxygens (including phenoxy) is 2. The van der Waals surface area contributed by atoms with Gasteiger partial charge in [0.25, 0.3) is 0 Å². The van der Waals surface area contributed by atoms with Gasteiger partial charge in [0.2, 0.25) is 5.12 Å². The first kappa shape index (κ1) is 22.0. The van der Waals surface area contributed by atoms with Gasteiger partial charge in [-0.25, -0.2) is 4.79 Å². The predicted octanol–water partition coefficient (Wildman–Crippen LogP) is 6.53. The van der Waals surface area contributed by atoms with Gasteiger partial charge in [0.05, 0.1) is 12.7 Å². The van der Waals surface area contributed by atoms with Crippen molar-refractivity contribution in [2.75, 3.05) is 7.11 Å². The van der Waals surface area contributed by atoms with Crippen LogP contribution in [0.15, 0.2) is 41.3 Å². The summed E-state index contributed by atoms with van der Waals surface area (Å²) in [6, 6.07) is 11.2. The van der Waals surface area contributed by atoms with Gasteiger partial charge in [-0.15, -0.1) is 0 Å². The van der Waals surface area contributed by atoms with Crippen molar-refractivity contribution in [2.45, 2.75) is 61.3 Å². The number of hydrogen-bond donors (Lipinski definition) is 0. The molecule has 5 rings (SSSR count). The third kappa shape index (κ3) is 2.81. The first-order chi connectivity index (χ1) is 15.2. The van der Waals surface area contributed by atoms with Gasteiger partial charge in [-0.2, -0.15) is 0 Å². The molecule has 2 bridgehead atoms. The molecule has 3 aliphatic rings. The van der Waals surface area contributed by atoms with Crippen LogP contribution < -0.4 is 4.74 Å². The summed E-state index contributed by atoms with van der Waals surface area (Å²) in [6.07, 6.45) is 3.61. The number of carbonyl (C=O) groups excluding carboxylic acids is 2. The molecule has 2 aromatic carbocycles. The summed E-state index contributed by atoms with van der Waals surface area (Å²) in [6.45, 7) is 7.00. The summed E-state index contributed by atoms with van der Waals surface area (Å²) in [7, 11) is 1.36. The maximum Gasteiger partial charge on any atom is 0.337 e.